The van der Waals surface area contributed by atoms with E-state index >= 15 is 0 Å². The Bertz CT molecular complexity index is 460. The molecular formula is C11H13ClO6. The summed E-state index contributed by atoms with van der Waals surface area (Å²) in [5, 5.41) is 27.7. The molecule has 7 heteroatoms. The average Bonchev–Trinajstić information content (AvgIpc) is 2.15. The maximum Gasteiger partial charge on any atom is 0.331 e. The summed E-state index contributed by atoms with van der Waals surface area (Å²) in [6.07, 6.45) is 0.476. The summed E-state index contributed by atoms with van der Waals surface area (Å²) in [6, 6.07) is 0. The summed E-state index contributed by atoms with van der Waals surface area (Å²) in [5.74, 6) is -4.27. The SMILES string of the molecule is CC(=O)C1(C(=O)O)CC(C(=O)O)=C(C)C=C1O.Cl. The molecule has 0 amide bonds. The Morgan fingerprint density at radius 1 is 1.28 bits per heavy atom. The van der Waals surface area contributed by atoms with E-state index < -0.39 is 35.3 Å². The highest BCUT2D eigenvalue weighted by Crippen LogP contribution is 2.40. The zero-order valence-corrected chi connectivity index (χ0v) is 10.6. The number of aliphatic hydroxyl groups is 1. The second-order valence-corrected chi connectivity index (χ2v) is 3.94. The Balaban J connectivity index is 0.00000289. The first kappa shape index (κ1) is 16.2. The highest BCUT2D eigenvalue weighted by atomic mass is 35.5. The van der Waals surface area contributed by atoms with E-state index in [1.54, 1.807) is 0 Å². The molecule has 1 rings (SSSR count). The van der Waals surface area contributed by atoms with Crippen molar-refractivity contribution in [3.63, 3.8) is 0 Å². The van der Waals surface area contributed by atoms with Gasteiger partial charge in [-0.3, -0.25) is 9.59 Å². The van der Waals surface area contributed by atoms with Crippen LogP contribution in [0.25, 0.3) is 0 Å². The maximum atomic E-state index is 11.5. The molecule has 18 heavy (non-hydrogen) atoms. The molecule has 0 aliphatic heterocycles. The van der Waals surface area contributed by atoms with Crippen LogP contribution < -0.4 is 0 Å². The van der Waals surface area contributed by atoms with Crippen molar-refractivity contribution in [3.8, 4) is 0 Å². The molecule has 0 aromatic rings. The molecule has 6 nitrogen and oxygen atoms in total. The molecule has 1 atom stereocenters. The number of hydrogen-bond donors (Lipinski definition) is 3. The molecule has 0 saturated heterocycles. The van der Waals surface area contributed by atoms with Gasteiger partial charge in [0.1, 0.15) is 5.76 Å². The Kier molecular flexibility index (Phi) is 4.69. The quantitative estimate of drug-likeness (QED) is 0.670. The summed E-state index contributed by atoms with van der Waals surface area (Å²) in [6.45, 7) is 2.45. The minimum absolute atomic E-state index is 0. The lowest BCUT2D eigenvalue weighted by Gasteiger charge is -2.29. The van der Waals surface area contributed by atoms with Crippen LogP contribution in [0.4, 0.5) is 0 Å². The highest BCUT2D eigenvalue weighted by molar-refractivity contribution is 6.07. The van der Waals surface area contributed by atoms with Crippen LogP contribution >= 0.6 is 12.4 Å². The smallest absolute Gasteiger partial charge is 0.331 e. The molecule has 0 fully saturated rings. The lowest BCUT2D eigenvalue weighted by Crippen LogP contribution is -2.42. The van der Waals surface area contributed by atoms with Crippen LogP contribution in [0.5, 0.6) is 0 Å². The first-order valence-corrected chi connectivity index (χ1v) is 4.82. The van der Waals surface area contributed by atoms with Crippen LogP contribution in [0.2, 0.25) is 0 Å². The number of carbonyl (C=O) groups is 3. The van der Waals surface area contributed by atoms with Crippen molar-refractivity contribution in [1.82, 2.24) is 0 Å². The molecule has 1 unspecified atom stereocenters. The number of allylic oxidation sites excluding steroid dienone is 2. The highest BCUT2D eigenvalue weighted by Gasteiger charge is 2.51. The topological polar surface area (TPSA) is 112 Å². The van der Waals surface area contributed by atoms with Gasteiger partial charge in [0.15, 0.2) is 11.2 Å². The van der Waals surface area contributed by atoms with E-state index in [1.165, 1.54) is 6.92 Å². The fourth-order valence-corrected chi connectivity index (χ4v) is 1.80. The van der Waals surface area contributed by atoms with E-state index in [1.807, 2.05) is 0 Å². The molecule has 1 aliphatic rings. The first-order chi connectivity index (χ1) is 7.73. The molecular weight excluding hydrogens is 264 g/mol. The fraction of sp³-hybridized carbons (Fsp3) is 0.364. The number of halogens is 1. The van der Waals surface area contributed by atoms with Crippen LogP contribution in [0, 0.1) is 5.41 Å². The zero-order valence-electron chi connectivity index (χ0n) is 9.76. The summed E-state index contributed by atoms with van der Waals surface area (Å²) < 4.78 is 0. The van der Waals surface area contributed by atoms with Crippen molar-refractivity contribution < 1.29 is 29.7 Å². The Morgan fingerprint density at radius 2 is 1.78 bits per heavy atom. The number of aliphatic hydroxyl groups excluding tert-OH is 1. The molecule has 3 N–H and O–H groups in total. The zero-order chi connectivity index (χ0) is 13.4. The lowest BCUT2D eigenvalue weighted by molar-refractivity contribution is -0.153. The van der Waals surface area contributed by atoms with Crippen LogP contribution in [-0.2, 0) is 14.4 Å². The van der Waals surface area contributed by atoms with Crippen LogP contribution in [0.15, 0.2) is 23.0 Å². The van der Waals surface area contributed by atoms with Gasteiger partial charge < -0.3 is 15.3 Å². The van der Waals surface area contributed by atoms with Gasteiger partial charge in [-0.15, -0.1) is 12.4 Å². The number of rotatable bonds is 3. The van der Waals surface area contributed by atoms with Crippen LogP contribution in [0.1, 0.15) is 20.3 Å². The van der Waals surface area contributed by atoms with Gasteiger partial charge in [-0.25, -0.2) is 4.79 Å². The lowest BCUT2D eigenvalue weighted by atomic mass is 9.72. The first-order valence-electron chi connectivity index (χ1n) is 4.82. The van der Waals surface area contributed by atoms with Crippen molar-refractivity contribution in [3.05, 3.63) is 23.0 Å². The molecule has 1 aliphatic carbocycles. The minimum atomic E-state index is -2.17. The Hall–Kier alpha value is -1.82. The number of Topliss-reactive ketones (excluding diaryl/α,β-unsaturated/α-hetero) is 1. The summed E-state index contributed by atoms with van der Waals surface area (Å²) >= 11 is 0. The van der Waals surface area contributed by atoms with Gasteiger partial charge >= 0.3 is 11.9 Å². The van der Waals surface area contributed by atoms with Gasteiger partial charge in [0.25, 0.3) is 0 Å². The van der Waals surface area contributed by atoms with E-state index in [4.69, 9.17) is 10.2 Å². The normalized spacial score (nSPS) is 22.9. The number of carbonyl (C=O) groups excluding carboxylic acids is 1. The molecule has 0 saturated carbocycles. The second kappa shape index (κ2) is 5.22. The summed E-state index contributed by atoms with van der Waals surface area (Å²) in [5.41, 5.74) is -2.11. The van der Waals surface area contributed by atoms with Gasteiger partial charge in [0.2, 0.25) is 0 Å². The Morgan fingerprint density at radius 3 is 2.11 bits per heavy atom. The van der Waals surface area contributed by atoms with Crippen molar-refractivity contribution in [2.45, 2.75) is 20.3 Å². The number of aliphatic carboxylic acids is 2. The average molecular weight is 277 g/mol. The fourth-order valence-electron chi connectivity index (χ4n) is 1.80. The molecule has 0 aromatic heterocycles. The minimum Gasteiger partial charge on any atom is -0.511 e. The van der Waals surface area contributed by atoms with Gasteiger partial charge in [-0.05, 0) is 25.5 Å². The van der Waals surface area contributed by atoms with Gasteiger partial charge in [0, 0.05) is 12.0 Å². The third-order valence-electron chi connectivity index (χ3n) is 2.93. The molecule has 0 heterocycles. The van der Waals surface area contributed by atoms with Crippen molar-refractivity contribution >= 4 is 30.1 Å². The summed E-state index contributed by atoms with van der Waals surface area (Å²) in [7, 11) is 0. The van der Waals surface area contributed by atoms with Gasteiger partial charge in [0.05, 0.1) is 0 Å². The van der Waals surface area contributed by atoms with Crippen molar-refractivity contribution in [1.29, 1.82) is 0 Å². The standard InChI is InChI=1S/C11H12O6.ClH/c1-5-3-8(13)11(6(2)12,10(16)17)4-7(5)9(14)15;/h3,13H,4H2,1-2H3,(H,14,15)(H,16,17);1H. The maximum absolute atomic E-state index is 11.5. The van der Waals surface area contributed by atoms with Crippen molar-refractivity contribution in [2.24, 2.45) is 5.41 Å². The molecule has 0 spiro atoms. The number of hydrogen-bond acceptors (Lipinski definition) is 4. The molecule has 0 bridgehead atoms. The van der Waals surface area contributed by atoms with E-state index in [-0.39, 0.29) is 23.6 Å². The van der Waals surface area contributed by atoms with E-state index in [9.17, 15) is 19.5 Å². The van der Waals surface area contributed by atoms with Gasteiger partial charge in [-0.2, -0.15) is 0 Å². The van der Waals surface area contributed by atoms with Crippen molar-refractivity contribution in [2.75, 3.05) is 0 Å². The number of carboxylic acid groups (broad SMARTS) is 2. The number of ketones is 1. The van der Waals surface area contributed by atoms with Crippen LogP contribution in [0.3, 0.4) is 0 Å². The summed E-state index contributed by atoms with van der Waals surface area (Å²) in [4.78, 5) is 33.5. The van der Waals surface area contributed by atoms with Crippen LogP contribution in [-0.4, -0.2) is 33.0 Å². The third kappa shape index (κ3) is 2.24. The monoisotopic (exact) mass is 276 g/mol. The van der Waals surface area contributed by atoms with E-state index in [0.29, 0.717) is 0 Å². The molecule has 100 valence electrons. The van der Waals surface area contributed by atoms with E-state index in [2.05, 4.69) is 0 Å². The second-order valence-electron chi connectivity index (χ2n) is 3.94. The predicted octanol–water partition coefficient (Wildman–Crippen LogP) is 1.31. The Labute approximate surface area is 109 Å². The molecule has 0 radical (unpaired) electrons. The number of carboxylic acids is 2. The molecule has 0 aromatic carbocycles. The largest absolute Gasteiger partial charge is 0.511 e. The van der Waals surface area contributed by atoms with Gasteiger partial charge in [-0.1, -0.05) is 0 Å². The van der Waals surface area contributed by atoms with E-state index in [0.717, 1.165) is 13.0 Å². The predicted molar refractivity (Wildman–Crippen MR) is 63.7 cm³/mol. The third-order valence-corrected chi connectivity index (χ3v) is 2.93.